The van der Waals surface area contributed by atoms with Crippen LogP contribution in [0.5, 0.6) is 0 Å². The third-order valence-electron chi connectivity index (χ3n) is 12.8. The fraction of sp³-hybridized carbons (Fsp3) is 0.0435. The lowest BCUT2D eigenvalue weighted by atomic mass is 9.64. The summed E-state index contributed by atoms with van der Waals surface area (Å²) >= 11 is 0. The lowest BCUT2D eigenvalue weighted by Gasteiger charge is -2.40. The van der Waals surface area contributed by atoms with E-state index in [0.29, 0.717) is 4.70 Å². The summed E-state index contributed by atoms with van der Waals surface area (Å²) in [6.07, 6.45) is 0. The lowest BCUT2D eigenvalue weighted by Crippen LogP contribution is -2.82. The normalized spacial score (nSPS) is 17.7. The average molecular weight is 651 g/mol. The first-order valence-electron chi connectivity index (χ1n) is 17.8. The van der Waals surface area contributed by atoms with E-state index in [0.717, 1.165) is 0 Å². The highest BCUT2D eigenvalue weighted by atomic mass is 15.9. The molecule has 1 aliphatic carbocycles. The minimum Gasteiger partial charge on any atom is -0.221 e. The van der Waals surface area contributed by atoms with Gasteiger partial charge in [0.05, 0.1) is 17.2 Å². The van der Waals surface area contributed by atoms with Gasteiger partial charge in [0.25, 0.3) is 0 Å². The Bertz CT molecular complexity index is 3300. The second-order valence-corrected chi connectivity index (χ2v) is 14.7. The smallest absolute Gasteiger partial charge is 0.221 e. The fourth-order valence-corrected chi connectivity index (χ4v) is 11.3. The van der Waals surface area contributed by atoms with Crippen LogP contribution in [0.1, 0.15) is 22.3 Å². The second-order valence-electron chi connectivity index (χ2n) is 14.7. The molecule has 0 amide bonds. The first-order valence-corrected chi connectivity index (χ1v) is 17.8. The molecule has 0 saturated carbocycles. The molecule has 2 spiro atoms. The molecule has 1 atom stereocenters. The molecule has 3 aliphatic heterocycles. The highest BCUT2D eigenvalue weighted by Gasteiger charge is 2.73. The van der Waals surface area contributed by atoms with Crippen LogP contribution < -0.4 is 14.1 Å². The molecule has 5 heteroatoms. The van der Waals surface area contributed by atoms with Crippen molar-refractivity contribution >= 4 is 60.8 Å². The minimum atomic E-state index is -0.495. The number of quaternary nitrogens is 1. The van der Waals surface area contributed by atoms with Crippen molar-refractivity contribution in [2.24, 2.45) is 7.05 Å². The van der Waals surface area contributed by atoms with Crippen LogP contribution in [0.2, 0.25) is 0 Å². The predicted octanol–water partition coefficient (Wildman–Crippen LogP) is 9.00. The molecule has 5 nitrogen and oxygen atoms in total. The highest BCUT2D eigenvalue weighted by molar-refractivity contribution is 6.20. The topological polar surface area (TPSA) is 17.1 Å². The molecule has 0 radical (unpaired) electrons. The number of nitrogens with zero attached hydrogens (tertiary/aromatic N) is 5. The Morgan fingerprint density at radius 2 is 1.06 bits per heavy atom. The Labute approximate surface area is 291 Å². The number of fused-ring (bicyclic) bond motifs is 17. The first-order chi connectivity index (χ1) is 25.3. The van der Waals surface area contributed by atoms with Crippen molar-refractivity contribution in [1.29, 1.82) is 0 Å². The number of benzene rings is 7. The minimum absolute atomic E-state index is 0.448. The van der Waals surface area contributed by atoms with E-state index >= 15 is 0 Å². The van der Waals surface area contributed by atoms with E-state index in [1.165, 1.54) is 106 Å². The van der Waals surface area contributed by atoms with Crippen LogP contribution in [0, 0.1) is 0 Å². The van der Waals surface area contributed by atoms with Gasteiger partial charge in [-0.15, -0.1) is 0 Å². The van der Waals surface area contributed by atoms with E-state index in [1.807, 2.05) is 0 Å². The number of para-hydroxylation sites is 6. The van der Waals surface area contributed by atoms with Crippen molar-refractivity contribution in [3.05, 3.63) is 174 Å². The Morgan fingerprint density at radius 3 is 1.84 bits per heavy atom. The van der Waals surface area contributed by atoms with E-state index < -0.39 is 5.41 Å². The molecular weight excluding hydrogens is 623 g/mol. The van der Waals surface area contributed by atoms with Gasteiger partial charge in [-0.05, 0) is 58.7 Å². The Balaban J connectivity index is 1.36. The van der Waals surface area contributed by atoms with Crippen LogP contribution in [-0.4, -0.2) is 8.97 Å². The Kier molecular flexibility index (Phi) is 3.94. The molecule has 234 valence electrons. The van der Waals surface area contributed by atoms with Gasteiger partial charge in [0.2, 0.25) is 22.4 Å². The van der Waals surface area contributed by atoms with Crippen molar-refractivity contribution in [2.45, 2.75) is 5.41 Å². The molecule has 0 N–H and O–H groups in total. The molecule has 7 aromatic carbocycles. The third kappa shape index (κ3) is 2.32. The molecule has 4 aliphatic rings. The number of hydrogen-bond acceptors (Lipinski definition) is 0. The van der Waals surface area contributed by atoms with Gasteiger partial charge < -0.3 is 0 Å². The largest absolute Gasteiger partial charge is 0.357 e. The number of imidazole rings is 2. The number of rotatable bonds is 0. The van der Waals surface area contributed by atoms with Gasteiger partial charge in [-0.1, -0.05) is 115 Å². The molecule has 0 saturated heterocycles. The number of hydrogen-bond donors (Lipinski definition) is 0. The monoisotopic (exact) mass is 650 g/mol. The molecule has 1 unspecified atom stereocenters. The van der Waals surface area contributed by atoms with Crippen molar-refractivity contribution in [3.63, 3.8) is 0 Å². The molecule has 0 bridgehead atoms. The van der Waals surface area contributed by atoms with E-state index in [2.05, 4.69) is 177 Å². The van der Waals surface area contributed by atoms with Gasteiger partial charge in [0.1, 0.15) is 16.5 Å². The maximum absolute atomic E-state index is 2.67. The summed E-state index contributed by atoms with van der Waals surface area (Å²) in [5, 5.41) is 3.91. The van der Waals surface area contributed by atoms with E-state index in [4.69, 9.17) is 0 Å². The second kappa shape index (κ2) is 7.91. The zero-order valence-electron chi connectivity index (χ0n) is 27.7. The summed E-state index contributed by atoms with van der Waals surface area (Å²) in [6.45, 7) is 0. The highest BCUT2D eigenvalue weighted by Crippen LogP contribution is 2.68. The lowest BCUT2D eigenvalue weighted by molar-refractivity contribution is -1.000. The summed E-state index contributed by atoms with van der Waals surface area (Å²) in [6, 6.07) is 57.4. The van der Waals surface area contributed by atoms with Gasteiger partial charge in [0, 0.05) is 31.3 Å². The molecule has 3 aromatic heterocycles. The molecule has 6 heterocycles. The SMILES string of the molecule is Cn1c2[n+](c3ccccc31)[N+]13c4c-2cccc4C2(c4ccccc4-c4ccccc42)c2ccc4c5ccccc5n5c6ccccc6[n+]1c5c4c23. The van der Waals surface area contributed by atoms with Crippen molar-refractivity contribution in [2.75, 3.05) is 0 Å². The molecule has 10 aromatic rings. The number of aryl methyl sites for hydroxylation is 1. The summed E-state index contributed by atoms with van der Waals surface area (Å²) in [7, 11) is 2.25. The zero-order chi connectivity index (χ0) is 33.0. The summed E-state index contributed by atoms with van der Waals surface area (Å²) in [5.74, 6) is 1.22. The number of aromatic nitrogens is 4. The average Bonchev–Trinajstić information content (AvgIpc) is 3.95. The summed E-state index contributed by atoms with van der Waals surface area (Å²) in [4.78, 5) is 0. The van der Waals surface area contributed by atoms with Gasteiger partial charge >= 0.3 is 11.5 Å². The maximum Gasteiger partial charge on any atom is 0.357 e. The van der Waals surface area contributed by atoms with Gasteiger partial charge in [-0.3, -0.25) is 0 Å². The van der Waals surface area contributed by atoms with Crippen molar-refractivity contribution in [3.8, 4) is 22.5 Å². The van der Waals surface area contributed by atoms with Crippen molar-refractivity contribution in [1.82, 2.24) is 13.7 Å². The molecular formula is C46H28N5+3. The van der Waals surface area contributed by atoms with Crippen molar-refractivity contribution < 1.29 is 9.35 Å². The number of pyridine rings is 1. The molecule has 0 fully saturated rings. The standard InChI is InChI=1S/C46H28N5/c1-47-37-21-8-10-23-39(37)49-44(47)31-16-12-19-34-42(31)51(49)43-35(46(34)32-17-5-2-13-27(32)28-14-3-6-18-33(28)46)26-25-30-29-15-4-7-20-36(29)48-38-22-9-11-24-40(38)50(51)45(48)41(30)43/h2-26H,1H3/q+3. The van der Waals surface area contributed by atoms with Crippen LogP contribution in [0.15, 0.2) is 152 Å². The van der Waals surface area contributed by atoms with E-state index in [9.17, 15) is 0 Å². The summed E-state index contributed by atoms with van der Waals surface area (Å²) in [5.41, 5.74) is 18.9. The molecule has 51 heavy (non-hydrogen) atoms. The maximum atomic E-state index is 2.67. The predicted molar refractivity (Wildman–Crippen MR) is 202 cm³/mol. The third-order valence-corrected chi connectivity index (χ3v) is 12.8. The summed E-state index contributed by atoms with van der Waals surface area (Å²) < 4.78 is 10.7. The van der Waals surface area contributed by atoms with Gasteiger partial charge in [-0.2, -0.15) is 4.40 Å². The first kappa shape index (κ1) is 25.4. The van der Waals surface area contributed by atoms with Gasteiger partial charge in [-0.25, -0.2) is 4.57 Å². The van der Waals surface area contributed by atoms with Crippen LogP contribution in [-0.2, 0) is 12.5 Å². The van der Waals surface area contributed by atoms with Crippen LogP contribution in [0.25, 0.3) is 71.9 Å². The van der Waals surface area contributed by atoms with Gasteiger partial charge in [0.15, 0.2) is 11.0 Å². The van der Waals surface area contributed by atoms with Crippen LogP contribution in [0.3, 0.4) is 0 Å². The van der Waals surface area contributed by atoms with E-state index in [-0.39, 0.29) is 0 Å². The zero-order valence-corrected chi connectivity index (χ0v) is 27.7. The van der Waals surface area contributed by atoms with Crippen LogP contribution >= 0.6 is 0 Å². The quantitative estimate of drug-likeness (QED) is 0.0886. The van der Waals surface area contributed by atoms with E-state index in [1.54, 1.807) is 0 Å². The van der Waals surface area contributed by atoms with Crippen LogP contribution in [0.4, 0.5) is 11.4 Å². The molecule has 14 rings (SSSR count). The Morgan fingerprint density at radius 1 is 0.471 bits per heavy atom. The fourth-order valence-electron chi connectivity index (χ4n) is 11.3. The Hall–Kier alpha value is -6.56.